The maximum Gasteiger partial charge on any atom is 0.197 e. The SMILES string of the molecule is Brc1c2ccccc2cc2ccccc12.COc1ccc(-c2c3ccccc3c(C(=O)c3ccccc3O)c3ccccc23)cc1.Cc1ccccc1C(=O)c1c2ccccc2c(Br)c2ccccc12.O=C(c1ccccc1O)c1c2ccccc2c(Br)c2ccccc12. The van der Waals surface area contributed by atoms with Crippen LogP contribution in [-0.4, -0.2) is 34.7 Å². The number of methoxy groups -OCH3 is 1. The second-order valence-corrected chi connectivity index (χ2v) is 25.0. The summed E-state index contributed by atoms with van der Waals surface area (Å²) in [5, 5.41) is 37.1. The Morgan fingerprint density at radius 3 is 0.915 bits per heavy atom. The van der Waals surface area contributed by atoms with E-state index in [0.29, 0.717) is 22.3 Å². The van der Waals surface area contributed by atoms with Crippen LogP contribution < -0.4 is 4.74 Å². The van der Waals surface area contributed by atoms with Crippen LogP contribution in [0.15, 0.2) is 311 Å². The molecule has 0 aliphatic heterocycles. The van der Waals surface area contributed by atoms with Crippen molar-refractivity contribution in [3.63, 3.8) is 0 Å². The molecule has 0 atom stereocenters. The number of fused-ring (bicyclic) bond motifs is 8. The number of hydrogen-bond donors (Lipinski definition) is 2. The molecule has 0 unspecified atom stereocenters. The minimum Gasteiger partial charge on any atom is -0.507 e. The summed E-state index contributed by atoms with van der Waals surface area (Å²) in [6.07, 6.45) is 0. The van der Waals surface area contributed by atoms with Gasteiger partial charge in [0.1, 0.15) is 17.2 Å². The second-order valence-electron chi connectivity index (χ2n) is 22.6. The van der Waals surface area contributed by atoms with Crippen molar-refractivity contribution < 1.29 is 29.3 Å². The van der Waals surface area contributed by atoms with Crippen molar-refractivity contribution in [1.29, 1.82) is 0 Å². The van der Waals surface area contributed by atoms with Crippen molar-refractivity contribution in [2.24, 2.45) is 0 Å². The van der Waals surface area contributed by atoms with E-state index in [0.717, 1.165) is 107 Å². The van der Waals surface area contributed by atoms with Gasteiger partial charge in [-0.3, -0.25) is 14.4 Å². The molecule has 0 heterocycles. The van der Waals surface area contributed by atoms with Gasteiger partial charge in [0.2, 0.25) is 0 Å². The smallest absolute Gasteiger partial charge is 0.197 e. The minimum atomic E-state index is -0.188. The number of ether oxygens (including phenoxy) is 1. The van der Waals surface area contributed by atoms with Crippen molar-refractivity contribution in [2.75, 3.05) is 7.11 Å². The van der Waals surface area contributed by atoms with E-state index in [1.165, 1.54) is 32.1 Å². The molecule has 16 aromatic rings. The molecule has 454 valence electrons. The lowest BCUT2D eigenvalue weighted by molar-refractivity contribution is 0.103. The number of rotatable bonds is 8. The number of para-hydroxylation sites is 2. The van der Waals surface area contributed by atoms with Gasteiger partial charge in [-0.05, 0) is 200 Å². The zero-order chi connectivity index (χ0) is 65.0. The largest absolute Gasteiger partial charge is 0.507 e. The molecule has 6 nitrogen and oxygen atoms in total. The van der Waals surface area contributed by atoms with E-state index in [2.05, 4.69) is 115 Å². The molecule has 0 amide bonds. The topological polar surface area (TPSA) is 101 Å². The molecule has 0 aliphatic carbocycles. The number of phenols is 2. The van der Waals surface area contributed by atoms with E-state index in [1.54, 1.807) is 49.6 Å². The van der Waals surface area contributed by atoms with Crippen molar-refractivity contribution in [3.8, 4) is 28.4 Å². The first-order chi connectivity index (χ1) is 45.9. The summed E-state index contributed by atoms with van der Waals surface area (Å²) >= 11 is 11.1. The Morgan fingerprint density at radius 1 is 0.298 bits per heavy atom. The molecular weight excluding hydrogens is 1360 g/mol. The minimum absolute atomic E-state index is 0.00131. The molecule has 94 heavy (non-hydrogen) atoms. The summed E-state index contributed by atoms with van der Waals surface area (Å²) in [7, 11) is 1.65. The van der Waals surface area contributed by atoms with Crippen molar-refractivity contribution >= 4 is 151 Å². The van der Waals surface area contributed by atoms with Crippen LogP contribution in [0.3, 0.4) is 0 Å². The first-order valence-electron chi connectivity index (χ1n) is 30.5. The lowest BCUT2D eigenvalue weighted by Crippen LogP contribution is -2.05. The highest BCUT2D eigenvalue weighted by Crippen LogP contribution is 2.43. The third kappa shape index (κ3) is 11.9. The highest BCUT2D eigenvalue weighted by Gasteiger charge is 2.25. The predicted molar refractivity (Wildman–Crippen MR) is 399 cm³/mol. The summed E-state index contributed by atoms with van der Waals surface area (Å²) in [6.45, 7) is 1.98. The summed E-state index contributed by atoms with van der Waals surface area (Å²) in [4.78, 5) is 40.3. The van der Waals surface area contributed by atoms with E-state index in [4.69, 9.17) is 4.74 Å². The number of halogens is 3. The Balaban J connectivity index is 0.000000117. The van der Waals surface area contributed by atoms with Gasteiger partial charge in [0.25, 0.3) is 0 Å². The summed E-state index contributed by atoms with van der Waals surface area (Å²) in [5.74, 6) is 0.495. The van der Waals surface area contributed by atoms with Gasteiger partial charge in [0.05, 0.1) is 18.2 Å². The third-order valence-electron chi connectivity index (χ3n) is 17.1. The monoisotopic (exact) mass is 1410 g/mol. The number of phenolic OH excluding ortho intramolecular Hbond substituents is 2. The van der Waals surface area contributed by atoms with Crippen molar-refractivity contribution in [2.45, 2.75) is 6.92 Å². The Morgan fingerprint density at radius 2 is 0.564 bits per heavy atom. The van der Waals surface area contributed by atoms with E-state index >= 15 is 0 Å². The first-order valence-corrected chi connectivity index (χ1v) is 32.9. The lowest BCUT2D eigenvalue weighted by atomic mass is 9.85. The number of carbonyl (C=O) groups excluding carboxylic acids is 3. The van der Waals surface area contributed by atoms with Gasteiger partial charge in [0.15, 0.2) is 17.3 Å². The van der Waals surface area contributed by atoms with Gasteiger partial charge in [-0.2, -0.15) is 0 Å². The fourth-order valence-corrected chi connectivity index (χ4v) is 14.7. The number of carbonyl (C=O) groups is 3. The molecule has 0 fully saturated rings. The molecule has 0 aromatic heterocycles. The van der Waals surface area contributed by atoms with Gasteiger partial charge in [-0.1, -0.05) is 255 Å². The number of hydrogen-bond acceptors (Lipinski definition) is 6. The van der Waals surface area contributed by atoms with Crippen molar-refractivity contribution in [3.05, 3.63) is 350 Å². The highest BCUT2D eigenvalue weighted by molar-refractivity contribution is 9.11. The van der Waals surface area contributed by atoms with Gasteiger partial charge < -0.3 is 14.9 Å². The van der Waals surface area contributed by atoms with Crippen LogP contribution in [0.2, 0.25) is 0 Å². The van der Waals surface area contributed by atoms with Gasteiger partial charge in [0, 0.05) is 35.7 Å². The van der Waals surface area contributed by atoms with Crippen LogP contribution in [-0.2, 0) is 0 Å². The predicted octanol–water partition coefficient (Wildman–Crippen LogP) is 23.3. The molecule has 0 saturated carbocycles. The standard InChI is InChI=1S/C28H20O3.C22H15BrO.C21H13BrO2.C14H9Br/c1-31-19-16-14-18(15-17-19)26-20-8-2-4-10-22(20)27(23-11-5-3-9-21(23)26)28(30)24-12-6-7-13-25(24)29;1-14-8-2-3-9-15(14)22(24)20-16-10-4-6-12-18(16)21(23)19-13-7-5-11-17(19)20;22-20-15-9-3-1-7-13(15)19(14-8-2-4-10-16(14)20)21(24)17-11-5-6-12-18(17)23;15-14-12-7-3-1-5-10(12)9-11-6-2-4-8-13(11)14/h2-17,29H,1H3;2-13H,1H3;1-12,23H;1-9H. The normalized spacial score (nSPS) is 11.0. The molecule has 16 aromatic carbocycles. The maximum atomic E-state index is 13.6. The zero-order valence-corrected chi connectivity index (χ0v) is 55.7. The van der Waals surface area contributed by atoms with Crippen LogP contribution in [0.1, 0.15) is 53.3 Å². The molecule has 0 spiro atoms. The fourth-order valence-electron chi connectivity index (χ4n) is 12.6. The van der Waals surface area contributed by atoms with E-state index in [-0.39, 0.29) is 28.8 Å². The van der Waals surface area contributed by atoms with Crippen molar-refractivity contribution in [1.82, 2.24) is 0 Å². The van der Waals surface area contributed by atoms with Crippen LogP contribution >= 0.6 is 47.8 Å². The maximum absolute atomic E-state index is 13.6. The molecule has 0 aliphatic rings. The van der Waals surface area contributed by atoms with Gasteiger partial charge >= 0.3 is 0 Å². The van der Waals surface area contributed by atoms with Crippen LogP contribution in [0.5, 0.6) is 17.2 Å². The first kappa shape index (κ1) is 62.3. The average molecular weight is 1410 g/mol. The van der Waals surface area contributed by atoms with E-state index < -0.39 is 0 Å². The van der Waals surface area contributed by atoms with Gasteiger partial charge in [-0.15, -0.1) is 0 Å². The fraction of sp³-hybridized carbons (Fsp3) is 0.0235. The third-order valence-corrected chi connectivity index (χ3v) is 19.7. The highest BCUT2D eigenvalue weighted by atomic mass is 79.9. The number of benzene rings is 16. The second kappa shape index (κ2) is 27.3. The molecule has 0 radical (unpaired) electrons. The summed E-state index contributed by atoms with van der Waals surface area (Å²) in [6, 6.07) is 95.9. The van der Waals surface area contributed by atoms with Gasteiger partial charge in [-0.25, -0.2) is 0 Å². The Bertz CT molecular complexity index is 5240. The Hall–Kier alpha value is -10.6. The lowest BCUT2D eigenvalue weighted by Gasteiger charge is -2.17. The summed E-state index contributed by atoms with van der Waals surface area (Å²) < 4.78 is 8.53. The van der Waals surface area contributed by atoms with E-state index in [9.17, 15) is 24.6 Å². The van der Waals surface area contributed by atoms with Crippen LogP contribution in [0.4, 0.5) is 0 Å². The zero-order valence-electron chi connectivity index (χ0n) is 51.0. The molecule has 0 saturated heterocycles. The van der Waals surface area contributed by atoms with Crippen LogP contribution in [0.25, 0.3) is 97.3 Å². The van der Waals surface area contributed by atoms with Crippen LogP contribution in [0, 0.1) is 6.92 Å². The number of aryl methyl sites for hydroxylation is 1. The molecule has 0 bridgehead atoms. The quantitative estimate of drug-likeness (QED) is 0.116. The summed E-state index contributed by atoms with van der Waals surface area (Å²) in [5.41, 5.74) is 6.49. The molecule has 9 heteroatoms. The Labute approximate surface area is 568 Å². The molecule has 16 rings (SSSR count). The molecule has 2 N–H and O–H groups in total. The number of aromatic hydroxyl groups is 2. The van der Waals surface area contributed by atoms with E-state index in [1.807, 2.05) is 189 Å². The number of ketones is 3. The Kier molecular flexibility index (Phi) is 18.1. The molecular formula is C85H57Br3O6. The average Bonchev–Trinajstić information content (AvgIpc) is 0.756.